The zero-order valence-electron chi connectivity index (χ0n) is 15.8. The molecule has 27 heavy (non-hydrogen) atoms. The topological polar surface area (TPSA) is 68.8 Å². The maximum absolute atomic E-state index is 12.1. The minimum absolute atomic E-state index is 0.142. The third-order valence-electron chi connectivity index (χ3n) is 3.47. The van der Waals surface area contributed by atoms with Crippen LogP contribution in [-0.4, -0.2) is 39.4 Å². The fraction of sp³-hybridized carbons (Fsp3) is 0.286. The highest BCUT2D eigenvalue weighted by Gasteiger charge is 2.04. The quantitative estimate of drug-likeness (QED) is 0.466. The molecule has 0 aliphatic carbocycles. The molecule has 2 aromatic rings. The van der Waals surface area contributed by atoms with E-state index in [0.29, 0.717) is 25.5 Å². The van der Waals surface area contributed by atoms with Gasteiger partial charge in [0.1, 0.15) is 24.7 Å². The van der Waals surface area contributed by atoms with E-state index < -0.39 is 0 Å². The van der Waals surface area contributed by atoms with Crippen LogP contribution in [0.3, 0.4) is 0 Å². The van der Waals surface area contributed by atoms with Gasteiger partial charge < -0.3 is 24.8 Å². The maximum Gasteiger partial charge on any atom is 0.243 e. The number of hydrogen-bond donors (Lipinski definition) is 2. The van der Waals surface area contributed by atoms with Gasteiger partial charge in [0.25, 0.3) is 0 Å². The van der Waals surface area contributed by atoms with Gasteiger partial charge >= 0.3 is 0 Å². The first-order valence-corrected chi connectivity index (χ1v) is 8.69. The van der Waals surface area contributed by atoms with Crippen LogP contribution in [0.4, 0.5) is 11.4 Å². The smallest absolute Gasteiger partial charge is 0.243 e. The van der Waals surface area contributed by atoms with Crippen LogP contribution in [0.2, 0.25) is 0 Å². The molecule has 2 rings (SSSR count). The van der Waals surface area contributed by atoms with Crippen molar-refractivity contribution in [3.8, 4) is 11.5 Å². The molecule has 0 radical (unpaired) electrons. The lowest BCUT2D eigenvalue weighted by atomic mass is 10.3. The van der Waals surface area contributed by atoms with Gasteiger partial charge in [0.2, 0.25) is 5.91 Å². The second-order valence-corrected chi connectivity index (χ2v) is 6.04. The number of amides is 1. The third kappa shape index (κ3) is 7.83. The van der Waals surface area contributed by atoms with Crippen molar-refractivity contribution >= 4 is 17.3 Å². The minimum Gasteiger partial charge on any atom is -0.491 e. The summed E-state index contributed by atoms with van der Waals surface area (Å²) < 4.78 is 16.0. The Hall–Kier alpha value is -2.99. The van der Waals surface area contributed by atoms with Crippen LogP contribution in [0, 0.1) is 0 Å². The summed E-state index contributed by atoms with van der Waals surface area (Å²) in [5, 5.41) is 5.92. The molecule has 0 fully saturated rings. The molecule has 0 aromatic heterocycles. The lowest BCUT2D eigenvalue weighted by Crippen LogP contribution is -2.21. The first-order chi connectivity index (χ1) is 13.1. The minimum atomic E-state index is -0.142. The van der Waals surface area contributed by atoms with Crippen molar-refractivity contribution in [1.29, 1.82) is 0 Å². The van der Waals surface area contributed by atoms with Crippen LogP contribution in [0.15, 0.2) is 60.7 Å². The van der Waals surface area contributed by atoms with Gasteiger partial charge in [-0.3, -0.25) is 4.79 Å². The Balaban J connectivity index is 1.78. The van der Waals surface area contributed by atoms with E-state index in [0.717, 1.165) is 22.8 Å². The molecule has 2 N–H and O–H groups in total. The van der Waals surface area contributed by atoms with E-state index in [2.05, 4.69) is 17.2 Å². The molecule has 6 heteroatoms. The summed E-state index contributed by atoms with van der Waals surface area (Å²) >= 11 is 0. The van der Waals surface area contributed by atoms with E-state index in [1.54, 1.807) is 31.4 Å². The number of hydrogen-bond acceptors (Lipinski definition) is 5. The summed E-state index contributed by atoms with van der Waals surface area (Å²) in [5.74, 6) is 1.32. The predicted molar refractivity (Wildman–Crippen MR) is 108 cm³/mol. The number of carbonyl (C=O) groups is 1. The van der Waals surface area contributed by atoms with Crippen molar-refractivity contribution in [3.63, 3.8) is 0 Å². The van der Waals surface area contributed by atoms with E-state index in [1.807, 2.05) is 31.2 Å². The molecule has 0 atom stereocenters. The third-order valence-corrected chi connectivity index (χ3v) is 3.47. The van der Waals surface area contributed by atoms with Gasteiger partial charge in [-0.15, -0.1) is 0 Å². The van der Waals surface area contributed by atoms with Crippen LogP contribution >= 0.6 is 0 Å². The van der Waals surface area contributed by atoms with Crippen molar-refractivity contribution in [2.45, 2.75) is 6.92 Å². The number of rotatable bonds is 11. The molecular formula is C21H26N2O4. The molecule has 1 amide bonds. The predicted octanol–water partition coefficient (Wildman–Crippen LogP) is 3.72. The van der Waals surface area contributed by atoms with Crippen molar-refractivity contribution in [2.24, 2.45) is 0 Å². The van der Waals surface area contributed by atoms with Gasteiger partial charge in [-0.1, -0.05) is 12.6 Å². The zero-order valence-corrected chi connectivity index (χ0v) is 15.8. The van der Waals surface area contributed by atoms with E-state index >= 15 is 0 Å². The summed E-state index contributed by atoms with van der Waals surface area (Å²) in [4.78, 5) is 12.1. The highest BCUT2D eigenvalue weighted by Crippen LogP contribution is 2.18. The van der Waals surface area contributed by atoms with Gasteiger partial charge in [-0.25, -0.2) is 0 Å². The SMILES string of the molecule is C=C(C)COc1cccc(NCC(=O)Nc2ccc(OCCOC)cc2)c1. The highest BCUT2D eigenvalue weighted by atomic mass is 16.5. The lowest BCUT2D eigenvalue weighted by molar-refractivity contribution is -0.114. The fourth-order valence-corrected chi connectivity index (χ4v) is 2.17. The second kappa shape index (κ2) is 10.9. The lowest BCUT2D eigenvalue weighted by Gasteiger charge is -2.11. The van der Waals surface area contributed by atoms with Crippen molar-refractivity contribution in [2.75, 3.05) is 44.1 Å². The normalized spacial score (nSPS) is 10.1. The van der Waals surface area contributed by atoms with E-state index in [1.165, 1.54) is 0 Å². The number of methoxy groups -OCH3 is 1. The van der Waals surface area contributed by atoms with Gasteiger partial charge in [-0.05, 0) is 48.9 Å². The van der Waals surface area contributed by atoms with Crippen LogP contribution in [-0.2, 0) is 9.53 Å². The average molecular weight is 370 g/mol. The van der Waals surface area contributed by atoms with Crippen LogP contribution in [0.1, 0.15) is 6.92 Å². The van der Waals surface area contributed by atoms with Crippen molar-refractivity contribution < 1.29 is 19.0 Å². The average Bonchev–Trinajstić information content (AvgIpc) is 2.67. The fourth-order valence-electron chi connectivity index (χ4n) is 2.17. The molecular weight excluding hydrogens is 344 g/mol. The summed E-state index contributed by atoms with van der Waals surface area (Å²) in [6.07, 6.45) is 0. The molecule has 144 valence electrons. The summed E-state index contributed by atoms with van der Waals surface area (Å²) in [7, 11) is 1.63. The van der Waals surface area contributed by atoms with E-state index in [-0.39, 0.29) is 12.5 Å². The van der Waals surface area contributed by atoms with Gasteiger partial charge in [0, 0.05) is 24.6 Å². The van der Waals surface area contributed by atoms with Crippen molar-refractivity contribution in [3.05, 3.63) is 60.7 Å². The monoisotopic (exact) mass is 370 g/mol. The standard InChI is InChI=1S/C21H26N2O4/c1-16(2)15-27-20-6-4-5-18(13-20)22-14-21(24)23-17-7-9-19(10-8-17)26-12-11-25-3/h4-10,13,22H,1,11-12,14-15H2,2-3H3,(H,23,24). The first-order valence-electron chi connectivity index (χ1n) is 8.69. The molecule has 0 aliphatic rings. The Kier molecular flexibility index (Phi) is 8.19. The summed E-state index contributed by atoms with van der Waals surface area (Å²) in [5.41, 5.74) is 2.47. The Bertz CT molecular complexity index is 744. The molecule has 0 bridgehead atoms. The van der Waals surface area contributed by atoms with Gasteiger partial charge in [-0.2, -0.15) is 0 Å². The Morgan fingerprint density at radius 2 is 1.78 bits per heavy atom. The zero-order chi connectivity index (χ0) is 19.5. The van der Waals surface area contributed by atoms with Crippen LogP contribution < -0.4 is 20.1 Å². The number of carbonyl (C=O) groups excluding carboxylic acids is 1. The van der Waals surface area contributed by atoms with Gasteiger partial charge in [0.15, 0.2) is 0 Å². The number of nitrogens with one attached hydrogen (secondary N) is 2. The second-order valence-electron chi connectivity index (χ2n) is 6.04. The number of anilines is 2. The molecule has 6 nitrogen and oxygen atoms in total. The van der Waals surface area contributed by atoms with E-state index in [9.17, 15) is 4.79 Å². The summed E-state index contributed by atoms with van der Waals surface area (Å²) in [6, 6.07) is 14.7. The number of ether oxygens (including phenoxy) is 3. The largest absolute Gasteiger partial charge is 0.491 e. The molecule has 0 saturated heterocycles. The molecule has 0 aliphatic heterocycles. The van der Waals surface area contributed by atoms with E-state index in [4.69, 9.17) is 14.2 Å². The molecule has 0 unspecified atom stereocenters. The maximum atomic E-state index is 12.1. The van der Waals surface area contributed by atoms with Crippen LogP contribution in [0.5, 0.6) is 11.5 Å². The number of benzene rings is 2. The summed E-state index contributed by atoms with van der Waals surface area (Å²) in [6.45, 7) is 7.35. The Morgan fingerprint density at radius 3 is 2.48 bits per heavy atom. The molecule has 2 aromatic carbocycles. The van der Waals surface area contributed by atoms with Crippen LogP contribution in [0.25, 0.3) is 0 Å². The van der Waals surface area contributed by atoms with Gasteiger partial charge in [0.05, 0.1) is 13.2 Å². The molecule has 0 spiro atoms. The van der Waals surface area contributed by atoms with Crippen molar-refractivity contribution in [1.82, 2.24) is 0 Å². The highest BCUT2D eigenvalue weighted by molar-refractivity contribution is 5.93. The Labute approximate surface area is 160 Å². The molecule has 0 saturated carbocycles. The Morgan fingerprint density at radius 1 is 1.00 bits per heavy atom. The molecule has 0 heterocycles. The first kappa shape index (κ1) is 20.3.